The summed E-state index contributed by atoms with van der Waals surface area (Å²) in [6.45, 7) is 4.38. The average Bonchev–Trinajstić information content (AvgIpc) is 2.56. The monoisotopic (exact) mass is 220 g/mol. The van der Waals surface area contributed by atoms with Crippen molar-refractivity contribution in [1.82, 2.24) is 0 Å². The zero-order chi connectivity index (χ0) is 11.5. The molecule has 0 radical (unpaired) electrons. The predicted molar refractivity (Wildman–Crippen MR) is 63.7 cm³/mol. The van der Waals surface area contributed by atoms with Crippen LogP contribution in [0, 0.1) is 5.92 Å². The highest BCUT2D eigenvalue weighted by molar-refractivity contribution is 5.94. The van der Waals surface area contributed by atoms with E-state index in [9.17, 15) is 4.79 Å². The third-order valence-corrected chi connectivity index (χ3v) is 3.44. The highest BCUT2D eigenvalue weighted by Gasteiger charge is 2.33. The molecule has 0 aromatic heterocycles. The van der Waals surface area contributed by atoms with Crippen molar-refractivity contribution in [2.45, 2.75) is 52.4 Å². The molecule has 0 saturated carbocycles. The number of allylic oxidation sites excluding steroid dienone is 2. The lowest BCUT2D eigenvalue weighted by Gasteiger charge is -2.17. The van der Waals surface area contributed by atoms with Crippen LogP contribution in [-0.2, 0) is 9.53 Å². The molecule has 1 unspecified atom stereocenters. The van der Waals surface area contributed by atoms with Crippen molar-refractivity contribution in [3.05, 3.63) is 23.0 Å². The molecule has 0 aromatic carbocycles. The summed E-state index contributed by atoms with van der Waals surface area (Å²) in [5.41, 5.74) is 2.14. The van der Waals surface area contributed by atoms with Gasteiger partial charge >= 0.3 is 5.97 Å². The van der Waals surface area contributed by atoms with Gasteiger partial charge in [-0.05, 0) is 44.1 Å². The Morgan fingerprint density at radius 3 is 3.00 bits per heavy atom. The second-order valence-electron chi connectivity index (χ2n) is 4.91. The fraction of sp³-hybridized carbons (Fsp3) is 0.643. The summed E-state index contributed by atoms with van der Waals surface area (Å²) in [4.78, 5) is 11.7. The van der Waals surface area contributed by atoms with E-state index in [0.29, 0.717) is 5.92 Å². The van der Waals surface area contributed by atoms with Gasteiger partial charge in [0, 0.05) is 11.1 Å². The molecule has 0 N–H and O–H groups in total. The summed E-state index contributed by atoms with van der Waals surface area (Å²) in [6.07, 6.45) is 8.56. The number of unbranched alkanes of at least 4 members (excludes halogenated alkanes) is 2. The summed E-state index contributed by atoms with van der Waals surface area (Å²) < 4.78 is 5.35. The van der Waals surface area contributed by atoms with Gasteiger partial charge in [0.25, 0.3) is 0 Å². The van der Waals surface area contributed by atoms with E-state index in [0.717, 1.165) is 30.6 Å². The third kappa shape index (κ3) is 2.21. The van der Waals surface area contributed by atoms with Crippen molar-refractivity contribution >= 4 is 5.97 Å². The van der Waals surface area contributed by atoms with Gasteiger partial charge < -0.3 is 4.74 Å². The molecule has 1 heterocycles. The van der Waals surface area contributed by atoms with E-state index in [1.54, 1.807) is 0 Å². The molecule has 16 heavy (non-hydrogen) atoms. The Morgan fingerprint density at radius 2 is 2.25 bits per heavy atom. The summed E-state index contributed by atoms with van der Waals surface area (Å²) in [5, 5.41) is 0. The Morgan fingerprint density at radius 1 is 1.44 bits per heavy atom. The molecule has 1 atom stereocenters. The molecule has 1 aliphatic heterocycles. The molecule has 2 aliphatic rings. The lowest BCUT2D eigenvalue weighted by molar-refractivity contribution is -0.133. The van der Waals surface area contributed by atoms with E-state index in [-0.39, 0.29) is 5.97 Å². The smallest absolute Gasteiger partial charge is 0.339 e. The van der Waals surface area contributed by atoms with Gasteiger partial charge in [-0.2, -0.15) is 0 Å². The zero-order valence-electron chi connectivity index (χ0n) is 10.2. The van der Waals surface area contributed by atoms with Crippen molar-refractivity contribution in [3.63, 3.8) is 0 Å². The number of cyclic esters (lactones) is 1. The largest absolute Gasteiger partial charge is 0.423 e. The molecule has 0 amide bonds. The number of ether oxygens (including phenoxy) is 1. The Hall–Kier alpha value is -1.05. The minimum absolute atomic E-state index is 0.0932. The first kappa shape index (κ1) is 11.4. The highest BCUT2D eigenvalue weighted by Crippen LogP contribution is 2.39. The Labute approximate surface area is 97.4 Å². The molecule has 2 heteroatoms. The predicted octanol–water partition coefficient (Wildman–Crippen LogP) is 3.73. The minimum atomic E-state index is -0.0932. The van der Waals surface area contributed by atoms with Gasteiger partial charge in [0.1, 0.15) is 5.76 Å². The first-order valence-electron chi connectivity index (χ1n) is 6.37. The molecule has 88 valence electrons. The van der Waals surface area contributed by atoms with Crippen LogP contribution < -0.4 is 0 Å². The van der Waals surface area contributed by atoms with Gasteiger partial charge in [-0.1, -0.05) is 20.3 Å². The molecule has 2 rings (SSSR count). The molecule has 2 nitrogen and oxygen atoms in total. The topological polar surface area (TPSA) is 26.3 Å². The average molecular weight is 220 g/mol. The van der Waals surface area contributed by atoms with Crippen LogP contribution in [0.4, 0.5) is 0 Å². The van der Waals surface area contributed by atoms with E-state index in [4.69, 9.17) is 4.74 Å². The van der Waals surface area contributed by atoms with Crippen LogP contribution >= 0.6 is 0 Å². The zero-order valence-corrected chi connectivity index (χ0v) is 10.2. The molecule has 0 aromatic rings. The molecule has 0 spiro atoms. The molecule has 0 saturated heterocycles. The van der Waals surface area contributed by atoms with Crippen LogP contribution in [0.3, 0.4) is 0 Å². The number of hydrogen-bond acceptors (Lipinski definition) is 2. The van der Waals surface area contributed by atoms with Gasteiger partial charge in [-0.3, -0.25) is 0 Å². The van der Waals surface area contributed by atoms with E-state index in [1.807, 2.05) is 0 Å². The number of esters is 1. The normalized spacial score (nSPS) is 27.2. The first-order chi connectivity index (χ1) is 7.72. The third-order valence-electron chi connectivity index (χ3n) is 3.44. The summed E-state index contributed by atoms with van der Waals surface area (Å²) >= 11 is 0. The van der Waals surface area contributed by atoms with Crippen molar-refractivity contribution < 1.29 is 9.53 Å². The summed E-state index contributed by atoms with van der Waals surface area (Å²) in [7, 11) is 0. The fourth-order valence-electron chi connectivity index (χ4n) is 2.42. The maximum atomic E-state index is 11.7. The maximum Gasteiger partial charge on any atom is 0.339 e. The van der Waals surface area contributed by atoms with Crippen molar-refractivity contribution in [3.8, 4) is 0 Å². The number of carbonyl (C=O) groups is 1. The minimum Gasteiger partial charge on any atom is -0.423 e. The Kier molecular flexibility index (Phi) is 3.47. The Balaban J connectivity index is 2.13. The SMILES string of the molecule is CCCC/C=C1\OC(=O)C2=C1CCC(C)C2. The van der Waals surface area contributed by atoms with E-state index in [1.165, 1.54) is 24.8 Å². The van der Waals surface area contributed by atoms with Gasteiger partial charge in [-0.25, -0.2) is 4.79 Å². The van der Waals surface area contributed by atoms with Crippen molar-refractivity contribution in [2.24, 2.45) is 5.92 Å². The molecule has 0 bridgehead atoms. The summed E-state index contributed by atoms with van der Waals surface area (Å²) in [6, 6.07) is 0. The number of hydrogen-bond donors (Lipinski definition) is 0. The Bertz CT molecular complexity index is 350. The first-order valence-corrected chi connectivity index (χ1v) is 6.37. The van der Waals surface area contributed by atoms with Gasteiger partial charge in [-0.15, -0.1) is 0 Å². The van der Waals surface area contributed by atoms with Gasteiger partial charge in [0.15, 0.2) is 0 Å². The van der Waals surface area contributed by atoms with Crippen LogP contribution in [0.25, 0.3) is 0 Å². The molecular weight excluding hydrogens is 200 g/mol. The molecule has 1 aliphatic carbocycles. The quantitative estimate of drug-likeness (QED) is 0.535. The van der Waals surface area contributed by atoms with Crippen LogP contribution in [0.1, 0.15) is 52.4 Å². The lowest BCUT2D eigenvalue weighted by Crippen LogP contribution is -2.08. The van der Waals surface area contributed by atoms with Crippen LogP contribution in [0.15, 0.2) is 23.0 Å². The summed E-state index contributed by atoms with van der Waals surface area (Å²) in [5.74, 6) is 1.39. The van der Waals surface area contributed by atoms with E-state index < -0.39 is 0 Å². The highest BCUT2D eigenvalue weighted by atomic mass is 16.5. The van der Waals surface area contributed by atoms with E-state index in [2.05, 4.69) is 19.9 Å². The van der Waals surface area contributed by atoms with Crippen molar-refractivity contribution in [2.75, 3.05) is 0 Å². The van der Waals surface area contributed by atoms with Crippen LogP contribution in [0.2, 0.25) is 0 Å². The van der Waals surface area contributed by atoms with Crippen molar-refractivity contribution in [1.29, 1.82) is 0 Å². The van der Waals surface area contributed by atoms with Crippen LogP contribution in [0.5, 0.6) is 0 Å². The molecule has 0 fully saturated rings. The fourth-order valence-corrected chi connectivity index (χ4v) is 2.42. The van der Waals surface area contributed by atoms with E-state index >= 15 is 0 Å². The lowest BCUT2D eigenvalue weighted by atomic mass is 9.85. The number of rotatable bonds is 3. The van der Waals surface area contributed by atoms with Gasteiger partial charge in [0.05, 0.1) is 0 Å². The second kappa shape index (κ2) is 4.86. The van der Waals surface area contributed by atoms with Crippen LogP contribution in [-0.4, -0.2) is 5.97 Å². The second-order valence-corrected chi connectivity index (χ2v) is 4.91. The molecular formula is C14H20O2. The van der Waals surface area contributed by atoms with Gasteiger partial charge in [0.2, 0.25) is 0 Å². The standard InChI is InChI=1S/C14H20O2/c1-3-4-5-6-13-11-8-7-10(2)9-12(11)14(15)16-13/h6,10H,3-5,7-9H2,1-2H3/b13-6-. The number of carbonyl (C=O) groups excluding carboxylic acids is 1. The maximum absolute atomic E-state index is 11.7.